The van der Waals surface area contributed by atoms with Crippen molar-refractivity contribution in [2.75, 3.05) is 23.0 Å². The third kappa shape index (κ3) is 4.77. The molecule has 10 nitrogen and oxygen atoms in total. The number of imide groups is 2. The van der Waals surface area contributed by atoms with E-state index in [0.717, 1.165) is 24.0 Å². The molecule has 254 valence electrons. The summed E-state index contributed by atoms with van der Waals surface area (Å²) in [4.78, 5) is 61.7. The Hall–Kier alpha value is -5.32. The molecule has 4 fully saturated rings. The van der Waals surface area contributed by atoms with E-state index in [1.165, 1.54) is 9.80 Å². The molecule has 8 rings (SSSR count). The van der Waals surface area contributed by atoms with Gasteiger partial charge in [0.1, 0.15) is 23.6 Å². The molecule has 0 aliphatic carbocycles. The maximum atomic E-state index is 14.8. The van der Waals surface area contributed by atoms with E-state index in [1.807, 2.05) is 96.7 Å². The van der Waals surface area contributed by atoms with Crippen molar-refractivity contribution >= 4 is 35.0 Å². The van der Waals surface area contributed by atoms with E-state index in [4.69, 9.17) is 9.47 Å². The molecule has 0 radical (unpaired) electrons. The highest BCUT2D eigenvalue weighted by Gasteiger charge is 2.73. The Morgan fingerprint density at radius 3 is 1.20 bits per heavy atom. The number of amides is 4. The fourth-order valence-electron chi connectivity index (χ4n) is 8.23. The Labute approximate surface area is 290 Å². The molecule has 50 heavy (non-hydrogen) atoms. The Bertz CT molecular complexity index is 1810. The first-order valence-electron chi connectivity index (χ1n) is 17.3. The zero-order valence-corrected chi connectivity index (χ0v) is 27.9. The third-order valence-electron chi connectivity index (χ3n) is 10.1. The van der Waals surface area contributed by atoms with Crippen LogP contribution in [0.15, 0.2) is 109 Å². The molecule has 0 aromatic heterocycles. The highest BCUT2D eigenvalue weighted by molar-refractivity contribution is 6.26. The van der Waals surface area contributed by atoms with Crippen LogP contribution in [-0.2, 0) is 19.2 Å². The first-order chi connectivity index (χ1) is 24.5. The van der Waals surface area contributed by atoms with Crippen LogP contribution in [0.2, 0.25) is 0 Å². The number of para-hydroxylation sites is 4. The number of hydrogen-bond acceptors (Lipinski definition) is 8. The average molecular weight is 671 g/mol. The number of ether oxygens (including phenoxy) is 2. The zero-order chi connectivity index (χ0) is 34.5. The van der Waals surface area contributed by atoms with Gasteiger partial charge in [-0.2, -0.15) is 0 Å². The lowest BCUT2D eigenvalue weighted by Gasteiger charge is -2.36. The van der Waals surface area contributed by atoms with Gasteiger partial charge < -0.3 is 9.47 Å². The van der Waals surface area contributed by atoms with Crippen molar-refractivity contribution in [1.29, 1.82) is 0 Å². The van der Waals surface area contributed by atoms with Crippen molar-refractivity contribution in [2.24, 2.45) is 11.8 Å². The quantitative estimate of drug-likeness (QED) is 0.198. The monoisotopic (exact) mass is 670 g/mol. The summed E-state index contributed by atoms with van der Waals surface area (Å²) < 4.78 is 12.0. The third-order valence-corrected chi connectivity index (χ3v) is 10.1. The predicted octanol–water partition coefficient (Wildman–Crippen LogP) is 5.71. The minimum absolute atomic E-state index is 0.369. The van der Waals surface area contributed by atoms with Gasteiger partial charge >= 0.3 is 0 Å². The molecule has 0 N–H and O–H groups in total. The van der Waals surface area contributed by atoms with Crippen LogP contribution in [0.25, 0.3) is 0 Å². The Kier molecular flexibility index (Phi) is 8.20. The molecule has 0 bridgehead atoms. The number of anilines is 2. The molecule has 10 heteroatoms. The number of hydrogen-bond donors (Lipinski definition) is 0. The van der Waals surface area contributed by atoms with Gasteiger partial charge in [0, 0.05) is 0 Å². The maximum absolute atomic E-state index is 14.8. The van der Waals surface area contributed by atoms with Crippen LogP contribution in [0.1, 0.15) is 49.9 Å². The minimum Gasteiger partial charge on any atom is -0.491 e. The van der Waals surface area contributed by atoms with Gasteiger partial charge in [0.05, 0.1) is 48.5 Å². The van der Waals surface area contributed by atoms with Crippen molar-refractivity contribution in [3.63, 3.8) is 0 Å². The van der Waals surface area contributed by atoms with Crippen LogP contribution in [0.4, 0.5) is 11.4 Å². The second-order valence-electron chi connectivity index (χ2n) is 13.1. The van der Waals surface area contributed by atoms with Crippen molar-refractivity contribution in [2.45, 2.75) is 50.9 Å². The van der Waals surface area contributed by atoms with Crippen LogP contribution in [-0.4, -0.2) is 58.9 Å². The van der Waals surface area contributed by atoms with Crippen LogP contribution in [0, 0.1) is 11.8 Å². The minimum atomic E-state index is -0.961. The fourth-order valence-corrected chi connectivity index (χ4v) is 8.23. The topological polar surface area (TPSA) is 99.7 Å². The first-order valence-corrected chi connectivity index (χ1v) is 17.3. The zero-order valence-electron chi connectivity index (χ0n) is 27.9. The van der Waals surface area contributed by atoms with E-state index in [2.05, 4.69) is 0 Å². The molecule has 4 saturated heterocycles. The summed E-state index contributed by atoms with van der Waals surface area (Å²) in [5.41, 5.74) is 2.34. The molecule has 4 aliphatic heterocycles. The number of carbonyl (C=O) groups excluding carboxylic acids is 4. The summed E-state index contributed by atoms with van der Waals surface area (Å²) in [6, 6.07) is 29.9. The Morgan fingerprint density at radius 2 is 0.820 bits per heavy atom. The van der Waals surface area contributed by atoms with Crippen molar-refractivity contribution in [1.82, 2.24) is 10.0 Å². The molecular weight excluding hydrogens is 632 g/mol. The molecular formula is C40H38N4O6. The van der Waals surface area contributed by atoms with Gasteiger partial charge in [0.25, 0.3) is 11.8 Å². The highest BCUT2D eigenvalue weighted by atomic mass is 16.5. The molecule has 4 heterocycles. The second kappa shape index (κ2) is 12.9. The predicted molar refractivity (Wildman–Crippen MR) is 186 cm³/mol. The van der Waals surface area contributed by atoms with Gasteiger partial charge in [-0.3, -0.25) is 19.2 Å². The van der Waals surface area contributed by atoms with Crippen molar-refractivity contribution in [3.8, 4) is 11.5 Å². The van der Waals surface area contributed by atoms with E-state index in [1.54, 1.807) is 36.4 Å². The van der Waals surface area contributed by atoms with Crippen molar-refractivity contribution in [3.05, 3.63) is 120 Å². The molecule has 4 aromatic rings. The number of fused-ring (bicyclic) bond motifs is 5. The smallest absolute Gasteiger partial charge is 0.253 e. The molecule has 0 saturated carbocycles. The normalized spacial score (nSPS) is 26.0. The number of hydrazine groups is 1. The molecule has 4 amide bonds. The SMILES string of the molecule is CCCOc1ccccc1N1C(=O)[C@@H]2[C@@H](C1=O)N1[C@@H](c3ccccc3)[C@H]3C(=O)N(c4ccccc4OCCC)C(=O)[C@@H]3N1[C@H]2c1ccccc1. The summed E-state index contributed by atoms with van der Waals surface area (Å²) in [5, 5.41) is 3.77. The second-order valence-corrected chi connectivity index (χ2v) is 13.1. The molecule has 6 atom stereocenters. The summed E-state index contributed by atoms with van der Waals surface area (Å²) in [6.07, 6.45) is 1.52. The van der Waals surface area contributed by atoms with Gasteiger partial charge in [0.15, 0.2) is 0 Å². The largest absolute Gasteiger partial charge is 0.491 e. The van der Waals surface area contributed by atoms with Gasteiger partial charge in [-0.25, -0.2) is 19.8 Å². The highest BCUT2D eigenvalue weighted by Crippen LogP contribution is 2.60. The van der Waals surface area contributed by atoms with Crippen LogP contribution >= 0.6 is 0 Å². The van der Waals surface area contributed by atoms with Gasteiger partial charge in [-0.15, -0.1) is 0 Å². The molecule has 0 unspecified atom stereocenters. The lowest BCUT2D eigenvalue weighted by Crippen LogP contribution is -2.50. The number of benzene rings is 4. The number of carbonyl (C=O) groups is 4. The van der Waals surface area contributed by atoms with Crippen molar-refractivity contribution < 1.29 is 28.7 Å². The number of rotatable bonds is 10. The van der Waals surface area contributed by atoms with E-state index in [9.17, 15) is 19.2 Å². The van der Waals surface area contributed by atoms with Gasteiger partial charge in [-0.05, 0) is 48.2 Å². The van der Waals surface area contributed by atoms with Gasteiger partial charge in [-0.1, -0.05) is 98.8 Å². The summed E-state index contributed by atoms with van der Waals surface area (Å²) in [6.45, 7) is 4.85. The summed E-state index contributed by atoms with van der Waals surface area (Å²) in [5.74, 6) is -2.36. The van der Waals surface area contributed by atoms with E-state index in [-0.39, 0.29) is 11.8 Å². The van der Waals surface area contributed by atoms with E-state index >= 15 is 0 Å². The first kappa shape index (κ1) is 31.9. The standard InChI is InChI=1S/C40H38N4O6/c1-3-23-49-29-21-13-11-19-27(29)41-37(45)31-33(25-15-7-5-8-16-25)44-36-32(34(26-17-9-6-10-18-26)43(44)35(31)39(41)47)38(46)42(40(36)48)28-20-12-14-22-30(28)50-24-4-2/h5-22,31-36H,3-4,23-24H2,1-2H3/t31-,32+,33-,34-,35-,36+/m0/s1. The fraction of sp³-hybridized carbons (Fsp3) is 0.300. The Morgan fingerprint density at radius 1 is 0.460 bits per heavy atom. The van der Waals surface area contributed by atoms with E-state index < -0.39 is 47.8 Å². The van der Waals surface area contributed by atoms with Crippen LogP contribution in [0.3, 0.4) is 0 Å². The molecule has 0 spiro atoms. The van der Waals surface area contributed by atoms with Gasteiger partial charge in [0.2, 0.25) is 11.8 Å². The maximum Gasteiger partial charge on any atom is 0.253 e. The van der Waals surface area contributed by atoms with Crippen LogP contribution in [0.5, 0.6) is 11.5 Å². The lowest BCUT2D eigenvalue weighted by atomic mass is 9.84. The summed E-state index contributed by atoms with van der Waals surface area (Å²) in [7, 11) is 0. The molecule has 4 aromatic carbocycles. The number of nitrogens with zero attached hydrogens (tertiary/aromatic N) is 4. The van der Waals surface area contributed by atoms with E-state index in [0.29, 0.717) is 36.1 Å². The summed E-state index contributed by atoms with van der Waals surface area (Å²) >= 11 is 0. The Balaban J connectivity index is 1.29. The molecule has 4 aliphatic rings. The average Bonchev–Trinajstić information content (AvgIpc) is 3.82. The lowest BCUT2D eigenvalue weighted by molar-refractivity contribution is -0.136. The van der Waals surface area contributed by atoms with Crippen LogP contribution < -0.4 is 19.3 Å².